The van der Waals surface area contributed by atoms with Crippen LogP contribution in [0.15, 0.2) is 68.8 Å². The zero-order valence-corrected chi connectivity index (χ0v) is 15.6. The lowest BCUT2D eigenvalue weighted by atomic mass is 10.2. The first-order valence-corrected chi connectivity index (χ1v) is 8.89. The van der Waals surface area contributed by atoms with Gasteiger partial charge in [-0.3, -0.25) is 9.36 Å². The van der Waals surface area contributed by atoms with Crippen molar-refractivity contribution in [2.75, 3.05) is 0 Å². The van der Waals surface area contributed by atoms with E-state index in [9.17, 15) is 14.8 Å². The third-order valence-corrected chi connectivity index (χ3v) is 4.67. The monoisotopic (exact) mass is 427 g/mol. The van der Waals surface area contributed by atoms with E-state index >= 15 is 0 Å². The standard InChI is InChI=1S/C18H14BrN5O3/c19-13-6-7-16-15(8-13)17(25)24(27)18(26)23(16)11-14-10-22(21-20-14)9-12-4-2-1-3-5-12/h1-8,10,27H,9,11H2. The molecule has 0 bridgehead atoms. The topological polar surface area (TPSA) is 94.9 Å². The van der Waals surface area contributed by atoms with Crippen LogP contribution in [-0.4, -0.2) is 29.5 Å². The molecule has 0 radical (unpaired) electrons. The molecule has 1 N–H and O–H groups in total. The van der Waals surface area contributed by atoms with E-state index in [0.717, 1.165) is 5.56 Å². The molecule has 0 aliphatic carbocycles. The number of hydrogen-bond acceptors (Lipinski definition) is 5. The first-order valence-electron chi connectivity index (χ1n) is 8.10. The fourth-order valence-corrected chi connectivity index (χ4v) is 3.27. The van der Waals surface area contributed by atoms with Gasteiger partial charge in [-0.1, -0.05) is 56.2 Å². The second-order valence-corrected chi connectivity index (χ2v) is 6.96. The van der Waals surface area contributed by atoms with Crippen molar-refractivity contribution in [2.24, 2.45) is 0 Å². The lowest BCUT2D eigenvalue weighted by Crippen LogP contribution is -2.39. The third-order valence-electron chi connectivity index (χ3n) is 4.18. The maximum absolute atomic E-state index is 12.4. The maximum atomic E-state index is 12.4. The highest BCUT2D eigenvalue weighted by atomic mass is 79.9. The average molecular weight is 428 g/mol. The van der Waals surface area contributed by atoms with E-state index < -0.39 is 11.2 Å². The molecule has 0 aliphatic heterocycles. The van der Waals surface area contributed by atoms with Crippen molar-refractivity contribution in [1.29, 1.82) is 0 Å². The molecular formula is C18H14BrN5O3. The van der Waals surface area contributed by atoms with Crippen molar-refractivity contribution in [2.45, 2.75) is 13.1 Å². The second kappa shape index (κ2) is 6.84. The Morgan fingerprint density at radius 3 is 2.59 bits per heavy atom. The zero-order valence-electron chi connectivity index (χ0n) is 14.0. The summed E-state index contributed by atoms with van der Waals surface area (Å²) in [5.74, 6) is 0. The van der Waals surface area contributed by atoms with E-state index in [1.807, 2.05) is 30.3 Å². The van der Waals surface area contributed by atoms with E-state index in [-0.39, 0.29) is 16.7 Å². The summed E-state index contributed by atoms with van der Waals surface area (Å²) in [5, 5.41) is 18.3. The molecule has 2 heterocycles. The Balaban J connectivity index is 1.72. The van der Waals surface area contributed by atoms with Crippen LogP contribution in [0.25, 0.3) is 10.9 Å². The van der Waals surface area contributed by atoms with E-state index in [4.69, 9.17) is 0 Å². The van der Waals surface area contributed by atoms with Crippen LogP contribution in [0.2, 0.25) is 0 Å². The van der Waals surface area contributed by atoms with Crippen LogP contribution in [-0.2, 0) is 13.1 Å². The molecule has 0 atom stereocenters. The van der Waals surface area contributed by atoms with Gasteiger partial charge in [-0.25, -0.2) is 9.48 Å². The molecule has 0 spiro atoms. The van der Waals surface area contributed by atoms with Crippen LogP contribution < -0.4 is 11.2 Å². The highest BCUT2D eigenvalue weighted by Gasteiger charge is 2.14. The number of halogens is 1. The average Bonchev–Trinajstić information content (AvgIpc) is 3.11. The number of aromatic nitrogens is 5. The minimum Gasteiger partial charge on any atom is -0.421 e. The SMILES string of the molecule is O=c1c2cc(Br)ccc2n(Cc2cn(Cc3ccccc3)nn2)c(=O)n1O. The highest BCUT2D eigenvalue weighted by molar-refractivity contribution is 9.10. The van der Waals surface area contributed by atoms with Gasteiger partial charge < -0.3 is 5.21 Å². The first kappa shape index (κ1) is 17.2. The van der Waals surface area contributed by atoms with Crippen LogP contribution in [0.4, 0.5) is 0 Å². The summed E-state index contributed by atoms with van der Waals surface area (Å²) in [6.45, 7) is 0.628. The first-order chi connectivity index (χ1) is 13.0. The Bertz CT molecular complexity index is 1240. The smallest absolute Gasteiger partial charge is 0.365 e. The summed E-state index contributed by atoms with van der Waals surface area (Å²) < 4.78 is 3.75. The van der Waals surface area contributed by atoms with E-state index in [2.05, 4.69) is 26.2 Å². The molecule has 0 fully saturated rings. The predicted molar refractivity (Wildman–Crippen MR) is 102 cm³/mol. The number of hydrogen-bond donors (Lipinski definition) is 1. The van der Waals surface area contributed by atoms with Gasteiger partial charge in [0.25, 0.3) is 5.56 Å². The van der Waals surface area contributed by atoms with Crippen LogP contribution >= 0.6 is 15.9 Å². The van der Waals surface area contributed by atoms with Gasteiger partial charge in [0.05, 0.1) is 30.2 Å². The van der Waals surface area contributed by atoms with Gasteiger partial charge in [-0.2, -0.15) is 0 Å². The van der Waals surface area contributed by atoms with Crippen molar-refractivity contribution in [1.82, 2.24) is 24.3 Å². The Kier molecular flexibility index (Phi) is 4.36. The van der Waals surface area contributed by atoms with Crippen LogP contribution in [0, 0.1) is 0 Å². The number of fused-ring (bicyclic) bond motifs is 1. The van der Waals surface area contributed by atoms with Gasteiger partial charge >= 0.3 is 5.69 Å². The minimum absolute atomic E-state index is 0.0760. The van der Waals surface area contributed by atoms with Crippen molar-refractivity contribution in [3.05, 3.63) is 91.3 Å². The number of rotatable bonds is 4. The molecule has 2 aromatic carbocycles. The Labute approximate surface area is 161 Å². The van der Waals surface area contributed by atoms with Crippen molar-refractivity contribution >= 4 is 26.8 Å². The molecule has 4 rings (SSSR count). The fourth-order valence-electron chi connectivity index (χ4n) is 2.91. The summed E-state index contributed by atoms with van der Waals surface area (Å²) >= 11 is 3.29. The van der Waals surface area contributed by atoms with E-state index in [0.29, 0.717) is 22.2 Å². The number of nitrogens with zero attached hydrogens (tertiary/aromatic N) is 5. The van der Waals surface area contributed by atoms with Gasteiger partial charge in [0, 0.05) is 4.47 Å². The lowest BCUT2D eigenvalue weighted by Gasteiger charge is -2.09. The zero-order chi connectivity index (χ0) is 19.0. The van der Waals surface area contributed by atoms with Gasteiger partial charge in [-0.15, -0.1) is 5.10 Å². The molecule has 136 valence electrons. The van der Waals surface area contributed by atoms with Crippen LogP contribution in [0.5, 0.6) is 0 Å². The molecule has 0 saturated carbocycles. The number of benzene rings is 2. The molecule has 0 saturated heterocycles. The molecular weight excluding hydrogens is 414 g/mol. The predicted octanol–water partition coefficient (Wildman–Crippen LogP) is 1.85. The second-order valence-electron chi connectivity index (χ2n) is 6.04. The lowest BCUT2D eigenvalue weighted by molar-refractivity contribution is 0.158. The molecule has 0 aliphatic rings. The Morgan fingerprint density at radius 1 is 1.04 bits per heavy atom. The summed E-state index contributed by atoms with van der Waals surface area (Å²) in [5.41, 5.74) is 0.435. The minimum atomic E-state index is -0.826. The van der Waals surface area contributed by atoms with Gasteiger partial charge in [0.15, 0.2) is 0 Å². The summed E-state index contributed by atoms with van der Waals surface area (Å²) in [7, 11) is 0. The third kappa shape index (κ3) is 3.28. The fraction of sp³-hybridized carbons (Fsp3) is 0.111. The summed E-state index contributed by atoms with van der Waals surface area (Å²) in [6.07, 6.45) is 1.73. The summed E-state index contributed by atoms with van der Waals surface area (Å²) in [6, 6.07) is 14.7. The quantitative estimate of drug-likeness (QED) is 0.501. The van der Waals surface area contributed by atoms with Crippen LogP contribution in [0.3, 0.4) is 0 Å². The van der Waals surface area contributed by atoms with Crippen molar-refractivity contribution in [3.63, 3.8) is 0 Å². The van der Waals surface area contributed by atoms with Gasteiger partial charge in [0.2, 0.25) is 0 Å². The normalized spacial score (nSPS) is 11.1. The van der Waals surface area contributed by atoms with E-state index in [1.54, 1.807) is 29.1 Å². The molecule has 0 amide bonds. The molecule has 0 unspecified atom stereocenters. The molecule has 27 heavy (non-hydrogen) atoms. The van der Waals surface area contributed by atoms with E-state index in [1.165, 1.54) is 4.57 Å². The highest BCUT2D eigenvalue weighted by Crippen LogP contribution is 2.16. The van der Waals surface area contributed by atoms with Crippen LogP contribution in [0.1, 0.15) is 11.3 Å². The molecule has 2 aromatic heterocycles. The maximum Gasteiger partial charge on any atom is 0.365 e. The Morgan fingerprint density at radius 2 is 1.81 bits per heavy atom. The Hall–Kier alpha value is -3.20. The largest absolute Gasteiger partial charge is 0.421 e. The molecule has 8 nitrogen and oxygen atoms in total. The van der Waals surface area contributed by atoms with Crippen molar-refractivity contribution < 1.29 is 5.21 Å². The van der Waals surface area contributed by atoms with Gasteiger partial charge in [0.1, 0.15) is 5.69 Å². The molecule has 9 heteroatoms. The van der Waals surface area contributed by atoms with Gasteiger partial charge in [-0.05, 0) is 23.8 Å². The summed E-state index contributed by atoms with van der Waals surface area (Å²) in [4.78, 5) is 24.6. The van der Waals surface area contributed by atoms with Crippen molar-refractivity contribution in [3.8, 4) is 0 Å². The molecule has 4 aromatic rings.